The van der Waals surface area contributed by atoms with Gasteiger partial charge >= 0.3 is 0 Å². The fourth-order valence-corrected chi connectivity index (χ4v) is 3.66. The molecule has 6 nitrogen and oxygen atoms in total. The van der Waals surface area contributed by atoms with Gasteiger partial charge < -0.3 is 23.8 Å². The number of benzene rings is 1. The number of hydrogen-bond acceptors (Lipinski definition) is 5. The van der Waals surface area contributed by atoms with Crippen molar-refractivity contribution in [1.82, 2.24) is 4.90 Å². The van der Waals surface area contributed by atoms with Crippen molar-refractivity contribution in [3.05, 3.63) is 23.8 Å². The van der Waals surface area contributed by atoms with Crippen LogP contribution >= 0.6 is 0 Å². The van der Waals surface area contributed by atoms with Crippen LogP contribution in [-0.2, 0) is 20.8 Å². The molecular weight excluding hydrogens is 310 g/mol. The van der Waals surface area contributed by atoms with Gasteiger partial charge in [-0.2, -0.15) is 0 Å². The number of nitrogens with zero attached hydrogens (tertiary/aromatic N) is 1. The largest absolute Gasteiger partial charge is 0.497 e. The van der Waals surface area contributed by atoms with E-state index in [0.717, 1.165) is 30.6 Å². The zero-order valence-electron chi connectivity index (χ0n) is 14.5. The molecule has 1 aliphatic carbocycles. The van der Waals surface area contributed by atoms with Crippen molar-refractivity contribution >= 4 is 5.91 Å². The molecule has 24 heavy (non-hydrogen) atoms. The topological polar surface area (TPSA) is 57.2 Å². The Morgan fingerprint density at radius 2 is 2.04 bits per heavy atom. The van der Waals surface area contributed by atoms with E-state index in [9.17, 15) is 4.79 Å². The van der Waals surface area contributed by atoms with Gasteiger partial charge in [0.2, 0.25) is 5.91 Å². The lowest BCUT2D eigenvalue weighted by atomic mass is 10.00. The number of carbonyl (C=O) groups is 1. The molecule has 1 heterocycles. The second kappa shape index (κ2) is 6.99. The van der Waals surface area contributed by atoms with E-state index in [4.69, 9.17) is 18.9 Å². The van der Waals surface area contributed by atoms with E-state index in [1.54, 1.807) is 19.1 Å². The van der Waals surface area contributed by atoms with Crippen LogP contribution in [0.3, 0.4) is 0 Å². The van der Waals surface area contributed by atoms with Gasteiger partial charge in [-0.3, -0.25) is 4.79 Å². The van der Waals surface area contributed by atoms with Crippen molar-refractivity contribution in [1.29, 1.82) is 0 Å². The van der Waals surface area contributed by atoms with E-state index in [-0.39, 0.29) is 11.8 Å². The lowest BCUT2D eigenvalue weighted by Crippen LogP contribution is -2.44. The highest BCUT2D eigenvalue weighted by Gasteiger charge is 2.52. The zero-order valence-corrected chi connectivity index (χ0v) is 14.5. The first-order chi connectivity index (χ1) is 11.6. The van der Waals surface area contributed by atoms with Crippen LogP contribution in [0.25, 0.3) is 0 Å². The third kappa shape index (κ3) is 3.08. The quantitative estimate of drug-likeness (QED) is 0.826. The maximum absolute atomic E-state index is 12.9. The van der Waals surface area contributed by atoms with Gasteiger partial charge in [0.15, 0.2) is 5.79 Å². The van der Waals surface area contributed by atoms with E-state index in [1.165, 1.54) is 0 Å². The Bertz CT molecular complexity index is 592. The normalized spacial score (nSPS) is 21.9. The average molecular weight is 335 g/mol. The first kappa shape index (κ1) is 17.0. The van der Waals surface area contributed by atoms with Crippen LogP contribution in [-0.4, -0.2) is 51.1 Å². The van der Waals surface area contributed by atoms with E-state index in [1.807, 2.05) is 25.2 Å². The van der Waals surface area contributed by atoms with E-state index >= 15 is 0 Å². The van der Waals surface area contributed by atoms with Gasteiger partial charge in [-0.1, -0.05) is 0 Å². The summed E-state index contributed by atoms with van der Waals surface area (Å²) in [5.74, 6) is 0.576. The molecule has 0 radical (unpaired) electrons. The number of hydrogen-bond donors (Lipinski definition) is 0. The average Bonchev–Trinajstić information content (AvgIpc) is 3.24. The molecule has 3 rings (SSSR count). The highest BCUT2D eigenvalue weighted by molar-refractivity contribution is 5.80. The molecule has 1 unspecified atom stereocenters. The SMILES string of the molecule is COc1ccc(CN(C)C(=O)C2CCCC23OCCO3)c(OC)c1. The van der Waals surface area contributed by atoms with Crippen molar-refractivity contribution in [3.8, 4) is 11.5 Å². The summed E-state index contributed by atoms with van der Waals surface area (Å²) in [4.78, 5) is 14.7. The van der Waals surface area contributed by atoms with Crippen LogP contribution in [0.4, 0.5) is 0 Å². The Kier molecular flexibility index (Phi) is 4.96. The summed E-state index contributed by atoms with van der Waals surface area (Å²) in [7, 11) is 5.05. The number of ether oxygens (including phenoxy) is 4. The predicted octanol–water partition coefficient (Wildman–Crippen LogP) is 2.21. The Morgan fingerprint density at radius 3 is 2.71 bits per heavy atom. The number of amides is 1. The minimum absolute atomic E-state index is 0.0623. The third-order valence-corrected chi connectivity index (χ3v) is 4.90. The van der Waals surface area contributed by atoms with Crippen LogP contribution in [0.5, 0.6) is 11.5 Å². The molecule has 1 aromatic carbocycles. The molecule has 1 spiro atoms. The molecule has 1 saturated heterocycles. The van der Waals surface area contributed by atoms with Gasteiger partial charge in [0, 0.05) is 31.6 Å². The monoisotopic (exact) mass is 335 g/mol. The molecule has 1 amide bonds. The second-order valence-corrected chi connectivity index (χ2v) is 6.33. The van der Waals surface area contributed by atoms with Crippen molar-refractivity contribution in [3.63, 3.8) is 0 Å². The third-order valence-electron chi connectivity index (χ3n) is 4.90. The summed E-state index contributed by atoms with van der Waals surface area (Å²) in [5, 5.41) is 0. The van der Waals surface area contributed by atoms with Crippen LogP contribution in [0, 0.1) is 5.92 Å². The highest BCUT2D eigenvalue weighted by Crippen LogP contribution is 2.43. The molecule has 2 fully saturated rings. The summed E-state index contributed by atoms with van der Waals surface area (Å²) in [6, 6.07) is 5.62. The standard InChI is InChI=1S/C18H25NO5/c1-19(12-13-6-7-14(21-2)11-16(13)22-3)17(20)15-5-4-8-18(15)23-9-10-24-18/h6-7,11,15H,4-5,8-10,12H2,1-3H3. The van der Waals surface area contributed by atoms with Crippen molar-refractivity contribution in [2.75, 3.05) is 34.5 Å². The predicted molar refractivity (Wildman–Crippen MR) is 88.0 cm³/mol. The highest BCUT2D eigenvalue weighted by atomic mass is 16.7. The molecule has 2 aliphatic rings. The fraction of sp³-hybridized carbons (Fsp3) is 0.611. The van der Waals surface area contributed by atoms with Crippen molar-refractivity contribution in [2.24, 2.45) is 5.92 Å². The van der Waals surface area contributed by atoms with Gasteiger partial charge in [0.05, 0.1) is 33.4 Å². The van der Waals surface area contributed by atoms with Gasteiger partial charge in [-0.25, -0.2) is 0 Å². The zero-order chi connectivity index (χ0) is 17.2. The number of methoxy groups -OCH3 is 2. The molecule has 1 atom stereocenters. The summed E-state index contributed by atoms with van der Waals surface area (Å²) in [6.07, 6.45) is 2.56. The molecule has 1 aromatic rings. The maximum atomic E-state index is 12.9. The minimum Gasteiger partial charge on any atom is -0.497 e. The van der Waals surface area contributed by atoms with Crippen LogP contribution in [0.15, 0.2) is 18.2 Å². The molecule has 132 valence electrons. The Balaban J connectivity index is 1.72. The minimum atomic E-state index is -0.699. The van der Waals surface area contributed by atoms with Crippen LogP contribution < -0.4 is 9.47 Å². The molecule has 1 saturated carbocycles. The molecule has 1 aliphatic heterocycles. The lowest BCUT2D eigenvalue weighted by molar-refractivity contribution is -0.191. The maximum Gasteiger partial charge on any atom is 0.231 e. The van der Waals surface area contributed by atoms with Crippen molar-refractivity contribution in [2.45, 2.75) is 31.6 Å². The Morgan fingerprint density at radius 1 is 1.29 bits per heavy atom. The number of rotatable bonds is 5. The van der Waals surface area contributed by atoms with Crippen LogP contribution in [0.1, 0.15) is 24.8 Å². The van der Waals surface area contributed by atoms with Gasteiger partial charge in [-0.05, 0) is 25.0 Å². The molecule has 0 N–H and O–H groups in total. The van der Waals surface area contributed by atoms with E-state index in [2.05, 4.69) is 0 Å². The fourth-order valence-electron chi connectivity index (χ4n) is 3.66. The Labute approximate surface area is 142 Å². The van der Waals surface area contributed by atoms with Gasteiger partial charge in [0.25, 0.3) is 0 Å². The molecule has 0 aromatic heterocycles. The van der Waals surface area contributed by atoms with Gasteiger partial charge in [0.1, 0.15) is 11.5 Å². The van der Waals surface area contributed by atoms with Gasteiger partial charge in [-0.15, -0.1) is 0 Å². The summed E-state index contributed by atoms with van der Waals surface area (Å²) in [5.41, 5.74) is 0.939. The number of carbonyl (C=O) groups excluding carboxylic acids is 1. The van der Waals surface area contributed by atoms with Crippen molar-refractivity contribution < 1.29 is 23.7 Å². The second-order valence-electron chi connectivity index (χ2n) is 6.33. The Hall–Kier alpha value is -1.79. The van der Waals surface area contributed by atoms with E-state index < -0.39 is 5.79 Å². The first-order valence-corrected chi connectivity index (χ1v) is 8.33. The summed E-state index contributed by atoms with van der Waals surface area (Å²) in [6.45, 7) is 1.61. The van der Waals surface area contributed by atoms with E-state index in [0.29, 0.717) is 25.5 Å². The lowest BCUT2D eigenvalue weighted by Gasteiger charge is -2.31. The summed E-state index contributed by atoms with van der Waals surface area (Å²) < 4.78 is 22.2. The van der Waals surface area contributed by atoms with Crippen LogP contribution in [0.2, 0.25) is 0 Å². The molecule has 0 bridgehead atoms. The first-order valence-electron chi connectivity index (χ1n) is 8.33. The molecule has 6 heteroatoms. The smallest absolute Gasteiger partial charge is 0.231 e. The molecular formula is C18H25NO5. The summed E-state index contributed by atoms with van der Waals surface area (Å²) >= 11 is 0.